The molecule has 3 N–H and O–H groups in total. The Morgan fingerprint density at radius 2 is 1.76 bits per heavy atom. The number of hydrogen-bond donors (Lipinski definition) is 2. The second kappa shape index (κ2) is 8.50. The van der Waals surface area contributed by atoms with Crippen LogP contribution in [-0.4, -0.2) is 23.9 Å². The molecule has 4 rings (SSSR count). The van der Waals surface area contributed by atoms with Gasteiger partial charge in [-0.15, -0.1) is 11.3 Å². The minimum Gasteiger partial charge on any atom is -0.325 e. The Kier molecular flexibility index (Phi) is 5.87. The maximum absolute atomic E-state index is 13.4. The number of primary sulfonamides is 1. The highest BCUT2D eigenvalue weighted by molar-refractivity contribution is 7.89. The van der Waals surface area contributed by atoms with Crippen molar-refractivity contribution in [1.82, 2.24) is 9.55 Å². The largest absolute Gasteiger partial charge is 0.325 e. The number of aromatic nitrogens is 2. The number of fused-ring (bicyclic) bond motifs is 1. The number of benzene rings is 2. The second-order valence-corrected chi connectivity index (χ2v) is 10.2. The van der Waals surface area contributed by atoms with Crippen molar-refractivity contribution in [3.63, 3.8) is 0 Å². The lowest BCUT2D eigenvalue weighted by molar-refractivity contribution is -0.116. The van der Waals surface area contributed by atoms with Crippen LogP contribution in [0.3, 0.4) is 0 Å². The molecular formula is C22H19FN4O4S2. The van der Waals surface area contributed by atoms with Gasteiger partial charge in [0.1, 0.15) is 23.0 Å². The Bertz CT molecular complexity index is 1540. The molecule has 1 amide bonds. The number of carbonyl (C=O) groups is 1. The summed E-state index contributed by atoms with van der Waals surface area (Å²) < 4.78 is 37.4. The first-order valence-corrected chi connectivity index (χ1v) is 12.1. The van der Waals surface area contributed by atoms with Crippen LogP contribution in [0.25, 0.3) is 21.3 Å². The molecule has 0 saturated heterocycles. The van der Waals surface area contributed by atoms with E-state index in [1.807, 2.05) is 6.92 Å². The second-order valence-electron chi connectivity index (χ2n) is 7.39. The molecule has 0 radical (unpaired) electrons. The fraction of sp³-hybridized carbons (Fsp3) is 0.136. The highest BCUT2D eigenvalue weighted by Crippen LogP contribution is 2.35. The number of rotatable bonds is 5. The molecule has 2 heterocycles. The summed E-state index contributed by atoms with van der Waals surface area (Å²) in [5, 5.41) is 8.08. The van der Waals surface area contributed by atoms with E-state index in [4.69, 9.17) is 5.14 Å². The molecule has 0 fully saturated rings. The molecule has 0 unspecified atom stereocenters. The van der Waals surface area contributed by atoms with Gasteiger partial charge in [0.25, 0.3) is 5.56 Å². The SMILES string of the molecule is Cc1sc2nc(C)n(CC(=O)Nc3ccc(S(N)(=O)=O)cc3)c(=O)c2c1-c1ccc(F)cc1. The summed E-state index contributed by atoms with van der Waals surface area (Å²) in [6.07, 6.45) is 0. The standard InChI is InChI=1S/C22H19FN4O4S2/c1-12-19(14-3-5-15(23)6-4-14)20-21(32-12)25-13(2)27(22(20)29)11-18(28)26-16-7-9-17(10-8-16)33(24,30)31/h3-10H,11H2,1-2H3,(H,26,28)(H2,24,30,31). The summed E-state index contributed by atoms with van der Waals surface area (Å²) in [4.78, 5) is 31.8. The molecule has 33 heavy (non-hydrogen) atoms. The van der Waals surface area contributed by atoms with Gasteiger partial charge in [-0.25, -0.2) is 22.9 Å². The Balaban J connectivity index is 1.68. The van der Waals surface area contributed by atoms with Crippen LogP contribution in [0.1, 0.15) is 10.7 Å². The van der Waals surface area contributed by atoms with Crippen molar-refractivity contribution in [1.29, 1.82) is 0 Å². The van der Waals surface area contributed by atoms with Crippen LogP contribution in [-0.2, 0) is 21.4 Å². The van der Waals surface area contributed by atoms with Crippen LogP contribution < -0.4 is 16.0 Å². The minimum absolute atomic E-state index is 0.0802. The molecule has 0 saturated carbocycles. The molecule has 0 aliphatic heterocycles. The zero-order valence-electron chi connectivity index (χ0n) is 17.6. The molecule has 4 aromatic rings. The lowest BCUT2D eigenvalue weighted by Crippen LogP contribution is -2.30. The summed E-state index contributed by atoms with van der Waals surface area (Å²) in [7, 11) is -3.84. The van der Waals surface area contributed by atoms with Crippen LogP contribution >= 0.6 is 11.3 Å². The minimum atomic E-state index is -3.84. The molecule has 2 aromatic heterocycles. The first-order chi connectivity index (χ1) is 15.5. The van der Waals surface area contributed by atoms with Gasteiger partial charge in [-0.3, -0.25) is 14.2 Å². The van der Waals surface area contributed by atoms with Gasteiger partial charge in [-0.2, -0.15) is 0 Å². The normalized spacial score (nSPS) is 11.6. The number of sulfonamides is 1. The fourth-order valence-electron chi connectivity index (χ4n) is 3.52. The lowest BCUT2D eigenvalue weighted by atomic mass is 10.0. The van der Waals surface area contributed by atoms with Crippen molar-refractivity contribution in [2.45, 2.75) is 25.3 Å². The maximum atomic E-state index is 13.4. The van der Waals surface area contributed by atoms with Gasteiger partial charge < -0.3 is 5.32 Å². The van der Waals surface area contributed by atoms with E-state index in [2.05, 4.69) is 10.3 Å². The number of nitrogens with two attached hydrogens (primary N) is 1. The van der Waals surface area contributed by atoms with Gasteiger partial charge in [0.05, 0.1) is 10.3 Å². The van der Waals surface area contributed by atoms with E-state index in [0.717, 1.165) is 4.88 Å². The van der Waals surface area contributed by atoms with Gasteiger partial charge >= 0.3 is 0 Å². The summed E-state index contributed by atoms with van der Waals surface area (Å²) in [6.45, 7) is 3.21. The number of aryl methyl sites for hydroxylation is 2. The van der Waals surface area contributed by atoms with Crippen molar-refractivity contribution in [3.8, 4) is 11.1 Å². The molecule has 2 aromatic carbocycles. The molecule has 11 heteroatoms. The third kappa shape index (κ3) is 4.56. The molecular weight excluding hydrogens is 467 g/mol. The Labute approximate surface area is 192 Å². The van der Waals surface area contributed by atoms with Crippen LogP contribution in [0.4, 0.5) is 10.1 Å². The van der Waals surface area contributed by atoms with Crippen molar-refractivity contribution < 1.29 is 17.6 Å². The van der Waals surface area contributed by atoms with E-state index in [0.29, 0.717) is 32.9 Å². The first-order valence-electron chi connectivity index (χ1n) is 9.74. The van der Waals surface area contributed by atoms with Crippen molar-refractivity contribution in [2.75, 3.05) is 5.32 Å². The van der Waals surface area contributed by atoms with E-state index in [-0.39, 0.29) is 22.8 Å². The average Bonchev–Trinajstić information content (AvgIpc) is 3.07. The predicted octanol–water partition coefficient (Wildman–Crippen LogP) is 3.17. The smallest absolute Gasteiger partial charge is 0.263 e. The average molecular weight is 487 g/mol. The number of amides is 1. The van der Waals surface area contributed by atoms with Crippen LogP contribution in [0, 0.1) is 19.7 Å². The summed E-state index contributed by atoms with van der Waals surface area (Å²) in [5.74, 6) is -0.491. The number of hydrogen-bond acceptors (Lipinski definition) is 6. The molecule has 0 bridgehead atoms. The van der Waals surface area contributed by atoms with E-state index >= 15 is 0 Å². The highest BCUT2D eigenvalue weighted by Gasteiger charge is 2.20. The van der Waals surface area contributed by atoms with Crippen LogP contribution in [0.15, 0.2) is 58.2 Å². The van der Waals surface area contributed by atoms with Crippen molar-refractivity contribution in [3.05, 3.63) is 75.4 Å². The summed E-state index contributed by atoms with van der Waals surface area (Å²) in [6, 6.07) is 11.2. The molecule has 0 spiro atoms. The van der Waals surface area contributed by atoms with Gasteiger partial charge in [0, 0.05) is 16.1 Å². The summed E-state index contributed by atoms with van der Waals surface area (Å²) in [5.41, 5.74) is 1.33. The van der Waals surface area contributed by atoms with Crippen molar-refractivity contribution >= 4 is 43.2 Å². The summed E-state index contributed by atoms with van der Waals surface area (Å²) >= 11 is 1.36. The van der Waals surface area contributed by atoms with E-state index in [9.17, 15) is 22.4 Å². The third-order valence-corrected chi connectivity index (χ3v) is 7.01. The molecule has 0 aliphatic carbocycles. The lowest BCUT2D eigenvalue weighted by Gasteiger charge is -2.11. The van der Waals surface area contributed by atoms with Gasteiger partial charge in [-0.1, -0.05) is 12.1 Å². The molecule has 170 valence electrons. The van der Waals surface area contributed by atoms with Gasteiger partial charge in [0.15, 0.2) is 0 Å². The Morgan fingerprint density at radius 1 is 1.12 bits per heavy atom. The Hall–Kier alpha value is -3.41. The third-order valence-electron chi connectivity index (χ3n) is 5.08. The zero-order chi connectivity index (χ0) is 23.9. The zero-order valence-corrected chi connectivity index (χ0v) is 19.3. The monoisotopic (exact) mass is 486 g/mol. The van der Waals surface area contributed by atoms with E-state index in [1.165, 1.54) is 52.3 Å². The number of nitrogens with zero attached hydrogens (tertiary/aromatic N) is 2. The van der Waals surface area contributed by atoms with E-state index in [1.54, 1.807) is 19.1 Å². The number of halogens is 1. The Morgan fingerprint density at radius 3 is 2.36 bits per heavy atom. The molecule has 0 atom stereocenters. The highest BCUT2D eigenvalue weighted by atomic mass is 32.2. The van der Waals surface area contributed by atoms with Crippen LogP contribution in [0.2, 0.25) is 0 Å². The first kappa shape index (κ1) is 22.8. The maximum Gasteiger partial charge on any atom is 0.263 e. The van der Waals surface area contributed by atoms with Crippen molar-refractivity contribution in [2.24, 2.45) is 5.14 Å². The number of thiophene rings is 1. The topological polar surface area (TPSA) is 124 Å². The number of anilines is 1. The van der Waals surface area contributed by atoms with Crippen LogP contribution in [0.5, 0.6) is 0 Å². The number of nitrogens with one attached hydrogen (secondary N) is 1. The predicted molar refractivity (Wildman–Crippen MR) is 125 cm³/mol. The fourth-order valence-corrected chi connectivity index (χ4v) is 5.12. The molecule has 0 aliphatic rings. The van der Waals surface area contributed by atoms with Gasteiger partial charge in [0.2, 0.25) is 15.9 Å². The van der Waals surface area contributed by atoms with E-state index < -0.39 is 15.9 Å². The quantitative estimate of drug-likeness (QED) is 0.448. The molecule has 8 nitrogen and oxygen atoms in total. The van der Waals surface area contributed by atoms with Gasteiger partial charge in [-0.05, 0) is 55.8 Å². The number of carbonyl (C=O) groups excluding carboxylic acids is 1.